The van der Waals surface area contributed by atoms with Crippen LogP contribution in [-0.2, 0) is 11.4 Å². The van der Waals surface area contributed by atoms with Crippen LogP contribution in [0.3, 0.4) is 0 Å². The molecule has 0 aliphatic heterocycles. The van der Waals surface area contributed by atoms with Crippen LogP contribution in [-0.4, -0.2) is 17.4 Å². The van der Waals surface area contributed by atoms with Gasteiger partial charge in [-0.3, -0.25) is 14.9 Å². The van der Waals surface area contributed by atoms with Gasteiger partial charge in [-0.15, -0.1) is 0 Å². The molecule has 0 aliphatic carbocycles. The molecule has 3 aromatic rings. The van der Waals surface area contributed by atoms with E-state index in [1.807, 2.05) is 30.3 Å². The van der Waals surface area contributed by atoms with E-state index in [2.05, 4.69) is 5.32 Å². The van der Waals surface area contributed by atoms with Gasteiger partial charge < -0.3 is 14.8 Å². The summed E-state index contributed by atoms with van der Waals surface area (Å²) in [4.78, 5) is 22.1. The fourth-order valence-corrected chi connectivity index (χ4v) is 2.39. The summed E-state index contributed by atoms with van der Waals surface area (Å²) < 4.78 is 11.0. The van der Waals surface area contributed by atoms with Crippen LogP contribution >= 0.6 is 0 Å². The molecule has 0 bridgehead atoms. The second-order valence-corrected chi connectivity index (χ2v) is 5.89. The number of nitro groups is 1. The fraction of sp³-hybridized carbons (Fsp3) is 0.0952. The molecule has 0 heterocycles. The van der Waals surface area contributed by atoms with Gasteiger partial charge in [0.1, 0.15) is 18.1 Å². The van der Waals surface area contributed by atoms with Crippen LogP contribution in [0.1, 0.15) is 5.56 Å². The first kappa shape index (κ1) is 18.9. The molecule has 28 heavy (non-hydrogen) atoms. The molecule has 0 radical (unpaired) electrons. The standard InChI is InChI=1S/C21H18N2O5/c24-21(15-28-20-12-8-18(9-13-20)23(25)26)22-17-6-10-19(11-7-17)27-14-16-4-2-1-3-5-16/h1-13H,14-15H2,(H,22,24). The summed E-state index contributed by atoms with van der Waals surface area (Å²) in [7, 11) is 0. The maximum absolute atomic E-state index is 12.0. The van der Waals surface area contributed by atoms with Gasteiger partial charge in [0.15, 0.2) is 6.61 Å². The number of carbonyl (C=O) groups excluding carboxylic acids is 1. The molecule has 0 unspecified atom stereocenters. The summed E-state index contributed by atoms with van der Waals surface area (Å²) in [6, 6.07) is 22.4. The normalized spacial score (nSPS) is 10.1. The largest absolute Gasteiger partial charge is 0.489 e. The predicted octanol–water partition coefficient (Wildman–Crippen LogP) is 4.19. The third kappa shape index (κ3) is 5.57. The molecule has 7 nitrogen and oxygen atoms in total. The summed E-state index contributed by atoms with van der Waals surface area (Å²) in [5.41, 5.74) is 1.65. The highest BCUT2D eigenvalue weighted by Gasteiger charge is 2.07. The van der Waals surface area contributed by atoms with E-state index in [0.717, 1.165) is 5.56 Å². The third-order valence-electron chi connectivity index (χ3n) is 3.80. The molecule has 0 aromatic heterocycles. The molecule has 3 rings (SSSR count). The smallest absolute Gasteiger partial charge is 0.269 e. The SMILES string of the molecule is O=C(COc1ccc([N+](=O)[O-])cc1)Nc1ccc(OCc2ccccc2)cc1. The zero-order valence-electron chi connectivity index (χ0n) is 14.9. The van der Waals surface area contributed by atoms with Crippen LogP contribution in [0.2, 0.25) is 0 Å². The topological polar surface area (TPSA) is 90.7 Å². The summed E-state index contributed by atoms with van der Waals surface area (Å²) in [5.74, 6) is 0.741. The lowest BCUT2D eigenvalue weighted by Gasteiger charge is -2.09. The zero-order chi connectivity index (χ0) is 19.8. The molecule has 0 saturated heterocycles. The fourth-order valence-electron chi connectivity index (χ4n) is 2.39. The van der Waals surface area contributed by atoms with E-state index in [-0.39, 0.29) is 18.2 Å². The lowest BCUT2D eigenvalue weighted by atomic mass is 10.2. The number of benzene rings is 3. The van der Waals surface area contributed by atoms with E-state index < -0.39 is 4.92 Å². The second-order valence-electron chi connectivity index (χ2n) is 5.89. The molecular weight excluding hydrogens is 360 g/mol. The van der Waals surface area contributed by atoms with E-state index >= 15 is 0 Å². The van der Waals surface area contributed by atoms with Gasteiger partial charge in [-0.25, -0.2) is 0 Å². The summed E-state index contributed by atoms with van der Waals surface area (Å²) in [5, 5.41) is 13.3. The summed E-state index contributed by atoms with van der Waals surface area (Å²) in [6.07, 6.45) is 0. The first-order valence-corrected chi connectivity index (χ1v) is 8.54. The number of nitro benzene ring substituents is 1. The van der Waals surface area contributed by atoms with Crippen molar-refractivity contribution in [2.75, 3.05) is 11.9 Å². The van der Waals surface area contributed by atoms with Crippen LogP contribution in [0, 0.1) is 10.1 Å². The maximum atomic E-state index is 12.0. The molecule has 1 amide bonds. The van der Waals surface area contributed by atoms with Gasteiger partial charge in [-0.2, -0.15) is 0 Å². The monoisotopic (exact) mass is 378 g/mol. The Bertz CT molecular complexity index is 925. The highest BCUT2D eigenvalue weighted by Crippen LogP contribution is 2.19. The average Bonchev–Trinajstić information content (AvgIpc) is 2.73. The first-order chi connectivity index (χ1) is 13.6. The number of non-ortho nitro benzene ring substituents is 1. The number of amides is 1. The van der Waals surface area contributed by atoms with Gasteiger partial charge >= 0.3 is 0 Å². The predicted molar refractivity (Wildman–Crippen MR) is 104 cm³/mol. The molecule has 0 spiro atoms. The van der Waals surface area contributed by atoms with Crippen molar-refractivity contribution in [1.82, 2.24) is 0 Å². The molecule has 142 valence electrons. The Labute approximate surface area is 161 Å². The summed E-state index contributed by atoms with van der Waals surface area (Å²) in [6.45, 7) is 0.264. The Hall–Kier alpha value is -3.87. The number of rotatable bonds is 8. The number of ether oxygens (including phenoxy) is 2. The second kappa shape index (κ2) is 9.18. The number of nitrogens with zero attached hydrogens (tertiary/aromatic N) is 1. The highest BCUT2D eigenvalue weighted by atomic mass is 16.6. The number of carbonyl (C=O) groups is 1. The van der Waals surface area contributed by atoms with Crippen LogP contribution in [0.15, 0.2) is 78.9 Å². The number of hydrogen-bond donors (Lipinski definition) is 1. The maximum Gasteiger partial charge on any atom is 0.269 e. The van der Waals surface area contributed by atoms with Crippen molar-refractivity contribution in [2.24, 2.45) is 0 Å². The van der Waals surface area contributed by atoms with Crippen LogP contribution < -0.4 is 14.8 Å². The minimum absolute atomic E-state index is 0.0358. The molecule has 0 fully saturated rings. The molecule has 1 N–H and O–H groups in total. The van der Waals surface area contributed by atoms with Gasteiger partial charge in [-0.1, -0.05) is 30.3 Å². The lowest BCUT2D eigenvalue weighted by molar-refractivity contribution is -0.384. The zero-order valence-corrected chi connectivity index (χ0v) is 14.9. The quantitative estimate of drug-likeness (QED) is 0.469. The van der Waals surface area contributed by atoms with Gasteiger partial charge in [0, 0.05) is 17.8 Å². The molecular formula is C21H18N2O5. The lowest BCUT2D eigenvalue weighted by Crippen LogP contribution is -2.20. The summed E-state index contributed by atoms with van der Waals surface area (Å²) >= 11 is 0. The highest BCUT2D eigenvalue weighted by molar-refractivity contribution is 5.91. The van der Waals surface area contributed by atoms with Gasteiger partial charge in [0.25, 0.3) is 11.6 Å². The van der Waals surface area contributed by atoms with Crippen LogP contribution in [0.5, 0.6) is 11.5 Å². The molecule has 0 atom stereocenters. The van der Waals surface area contributed by atoms with Crippen molar-refractivity contribution < 1.29 is 19.2 Å². The van der Waals surface area contributed by atoms with E-state index in [0.29, 0.717) is 23.8 Å². The average molecular weight is 378 g/mol. The Balaban J connectivity index is 1.45. The van der Waals surface area contributed by atoms with Gasteiger partial charge in [0.05, 0.1) is 4.92 Å². The van der Waals surface area contributed by atoms with Crippen molar-refractivity contribution in [2.45, 2.75) is 6.61 Å². The van der Waals surface area contributed by atoms with Crippen LogP contribution in [0.4, 0.5) is 11.4 Å². The Morgan fingerprint density at radius 3 is 2.11 bits per heavy atom. The number of nitrogens with one attached hydrogen (secondary N) is 1. The molecule has 0 aliphatic rings. The minimum atomic E-state index is -0.496. The Morgan fingerprint density at radius 2 is 1.46 bits per heavy atom. The van der Waals surface area contributed by atoms with Crippen molar-refractivity contribution in [1.29, 1.82) is 0 Å². The first-order valence-electron chi connectivity index (χ1n) is 8.54. The molecule has 0 saturated carbocycles. The number of hydrogen-bond acceptors (Lipinski definition) is 5. The van der Waals surface area contributed by atoms with E-state index in [9.17, 15) is 14.9 Å². The van der Waals surface area contributed by atoms with Gasteiger partial charge in [-0.05, 0) is 42.0 Å². The Morgan fingerprint density at radius 1 is 0.857 bits per heavy atom. The van der Waals surface area contributed by atoms with Crippen LogP contribution in [0.25, 0.3) is 0 Å². The Kier molecular flexibility index (Phi) is 6.20. The van der Waals surface area contributed by atoms with Gasteiger partial charge in [0.2, 0.25) is 0 Å². The minimum Gasteiger partial charge on any atom is -0.489 e. The van der Waals surface area contributed by atoms with Crippen molar-refractivity contribution >= 4 is 17.3 Å². The van der Waals surface area contributed by atoms with E-state index in [1.54, 1.807) is 24.3 Å². The van der Waals surface area contributed by atoms with Crippen molar-refractivity contribution in [3.05, 3.63) is 94.5 Å². The molecule has 3 aromatic carbocycles. The number of anilines is 1. The van der Waals surface area contributed by atoms with Crippen molar-refractivity contribution in [3.8, 4) is 11.5 Å². The molecule has 7 heteroatoms. The van der Waals surface area contributed by atoms with E-state index in [1.165, 1.54) is 24.3 Å². The van der Waals surface area contributed by atoms with E-state index in [4.69, 9.17) is 9.47 Å². The van der Waals surface area contributed by atoms with Crippen molar-refractivity contribution in [3.63, 3.8) is 0 Å². The third-order valence-corrected chi connectivity index (χ3v) is 3.80.